The van der Waals surface area contributed by atoms with Crippen LogP contribution in [0.1, 0.15) is 46.0 Å². The monoisotopic (exact) mass is 254 g/mol. The van der Waals surface area contributed by atoms with E-state index in [2.05, 4.69) is 31.1 Å². The molecule has 0 bridgehead atoms. The average Bonchev–Trinajstić information content (AvgIpc) is 2.28. The second-order valence-electron chi connectivity index (χ2n) is 6.40. The highest BCUT2D eigenvalue weighted by molar-refractivity contribution is 4.90. The normalized spacial score (nSPS) is 32.8. The molecule has 3 unspecified atom stereocenters. The summed E-state index contributed by atoms with van der Waals surface area (Å²) in [7, 11) is 2.28. The molecule has 106 valence electrons. The molecule has 3 atom stereocenters. The van der Waals surface area contributed by atoms with E-state index in [1.165, 1.54) is 38.6 Å². The van der Waals surface area contributed by atoms with E-state index < -0.39 is 0 Å². The van der Waals surface area contributed by atoms with E-state index in [1.807, 2.05) is 0 Å². The molecule has 3 heteroatoms. The summed E-state index contributed by atoms with van der Waals surface area (Å²) in [6.07, 6.45) is 7.11. The van der Waals surface area contributed by atoms with E-state index in [1.54, 1.807) is 0 Å². The van der Waals surface area contributed by atoms with Gasteiger partial charge in [0.25, 0.3) is 0 Å². The van der Waals surface area contributed by atoms with Crippen LogP contribution >= 0.6 is 0 Å². The van der Waals surface area contributed by atoms with Gasteiger partial charge in [0.2, 0.25) is 0 Å². The van der Waals surface area contributed by atoms with Gasteiger partial charge in [-0.3, -0.25) is 0 Å². The number of hydrogen-bond acceptors (Lipinski definition) is 3. The van der Waals surface area contributed by atoms with E-state index in [9.17, 15) is 0 Å². The second-order valence-corrected chi connectivity index (χ2v) is 6.40. The molecule has 2 fully saturated rings. The van der Waals surface area contributed by atoms with Crippen LogP contribution in [0.3, 0.4) is 0 Å². The molecule has 0 spiro atoms. The fourth-order valence-electron chi connectivity index (χ4n) is 3.16. The van der Waals surface area contributed by atoms with Crippen LogP contribution in [0, 0.1) is 5.92 Å². The maximum atomic E-state index is 5.84. The second kappa shape index (κ2) is 6.88. The molecule has 1 aliphatic carbocycles. The topological polar surface area (TPSA) is 24.5 Å². The van der Waals surface area contributed by atoms with Gasteiger partial charge in [-0.15, -0.1) is 0 Å². The highest BCUT2D eigenvalue weighted by Gasteiger charge is 2.34. The van der Waals surface area contributed by atoms with E-state index in [-0.39, 0.29) is 0 Å². The SMILES string of the molecule is CC(C)NCC1CCC1N(C)CC1CCCCO1. The summed E-state index contributed by atoms with van der Waals surface area (Å²) in [6, 6.07) is 1.39. The fraction of sp³-hybridized carbons (Fsp3) is 1.00. The number of ether oxygens (including phenoxy) is 1. The van der Waals surface area contributed by atoms with Crippen molar-refractivity contribution >= 4 is 0 Å². The van der Waals surface area contributed by atoms with Gasteiger partial charge < -0.3 is 15.0 Å². The zero-order valence-electron chi connectivity index (χ0n) is 12.3. The van der Waals surface area contributed by atoms with Gasteiger partial charge in [-0.2, -0.15) is 0 Å². The van der Waals surface area contributed by atoms with Crippen molar-refractivity contribution in [2.45, 2.75) is 64.1 Å². The summed E-state index contributed by atoms with van der Waals surface area (Å²) < 4.78 is 5.84. The van der Waals surface area contributed by atoms with Crippen LogP contribution in [0.4, 0.5) is 0 Å². The number of likely N-dealkylation sites (N-methyl/N-ethyl adjacent to an activating group) is 1. The smallest absolute Gasteiger partial charge is 0.0702 e. The Kier molecular flexibility index (Phi) is 5.46. The zero-order valence-corrected chi connectivity index (χ0v) is 12.3. The molecular formula is C15H30N2O. The summed E-state index contributed by atoms with van der Waals surface area (Å²) in [5.41, 5.74) is 0. The van der Waals surface area contributed by atoms with Gasteiger partial charge in [-0.1, -0.05) is 13.8 Å². The van der Waals surface area contributed by atoms with Crippen molar-refractivity contribution in [1.29, 1.82) is 0 Å². The molecule has 0 aromatic rings. The fourth-order valence-corrected chi connectivity index (χ4v) is 3.16. The zero-order chi connectivity index (χ0) is 13.0. The van der Waals surface area contributed by atoms with Crippen LogP contribution < -0.4 is 5.32 Å². The largest absolute Gasteiger partial charge is 0.377 e. The summed E-state index contributed by atoms with van der Waals surface area (Å²) in [5, 5.41) is 3.58. The van der Waals surface area contributed by atoms with Gasteiger partial charge in [0.15, 0.2) is 0 Å². The van der Waals surface area contributed by atoms with E-state index in [0.29, 0.717) is 12.1 Å². The molecule has 1 saturated heterocycles. The molecule has 1 N–H and O–H groups in total. The molecule has 3 nitrogen and oxygen atoms in total. The number of hydrogen-bond donors (Lipinski definition) is 1. The minimum absolute atomic E-state index is 0.489. The maximum Gasteiger partial charge on any atom is 0.0702 e. The van der Waals surface area contributed by atoms with Gasteiger partial charge in [0.1, 0.15) is 0 Å². The summed E-state index contributed by atoms with van der Waals surface area (Å²) in [5.74, 6) is 0.848. The lowest BCUT2D eigenvalue weighted by Crippen LogP contribution is -2.51. The Morgan fingerprint density at radius 1 is 1.22 bits per heavy atom. The molecule has 2 aliphatic rings. The molecule has 2 rings (SSSR count). The minimum atomic E-state index is 0.489. The molecule has 0 radical (unpaired) electrons. The molecule has 0 aromatic heterocycles. The predicted octanol–water partition coefficient (Wildman–Crippen LogP) is 2.26. The summed E-state index contributed by atoms with van der Waals surface area (Å²) in [6.45, 7) is 7.74. The van der Waals surface area contributed by atoms with E-state index in [4.69, 9.17) is 4.74 Å². The Balaban J connectivity index is 1.69. The Labute approximate surface area is 112 Å². The molecule has 1 aliphatic heterocycles. The van der Waals surface area contributed by atoms with E-state index in [0.717, 1.165) is 25.1 Å². The van der Waals surface area contributed by atoms with Gasteiger partial charge in [0.05, 0.1) is 6.10 Å². The first-order chi connectivity index (χ1) is 8.66. The highest BCUT2D eigenvalue weighted by Crippen LogP contribution is 2.31. The Bertz CT molecular complexity index is 239. The van der Waals surface area contributed by atoms with Crippen molar-refractivity contribution in [3.63, 3.8) is 0 Å². The molecule has 1 heterocycles. The standard InChI is InChI=1S/C15H30N2O/c1-12(2)16-10-13-7-8-15(13)17(3)11-14-6-4-5-9-18-14/h12-16H,4-11H2,1-3H3. The average molecular weight is 254 g/mol. The van der Waals surface area contributed by atoms with Gasteiger partial charge in [-0.25, -0.2) is 0 Å². The maximum absolute atomic E-state index is 5.84. The van der Waals surface area contributed by atoms with Crippen molar-refractivity contribution in [3.8, 4) is 0 Å². The minimum Gasteiger partial charge on any atom is -0.377 e. The lowest BCUT2D eigenvalue weighted by atomic mass is 9.78. The van der Waals surface area contributed by atoms with Crippen LogP contribution in [-0.2, 0) is 4.74 Å². The first-order valence-electron chi connectivity index (χ1n) is 7.72. The van der Waals surface area contributed by atoms with Crippen LogP contribution in [0.5, 0.6) is 0 Å². The quantitative estimate of drug-likeness (QED) is 0.787. The lowest BCUT2D eigenvalue weighted by Gasteiger charge is -2.44. The Morgan fingerprint density at radius 3 is 2.61 bits per heavy atom. The first-order valence-corrected chi connectivity index (χ1v) is 7.72. The number of nitrogens with zero attached hydrogens (tertiary/aromatic N) is 1. The van der Waals surface area contributed by atoms with Crippen molar-refractivity contribution in [2.75, 3.05) is 26.7 Å². The summed E-state index contributed by atoms with van der Waals surface area (Å²) in [4.78, 5) is 2.55. The van der Waals surface area contributed by atoms with Crippen LogP contribution in [0.15, 0.2) is 0 Å². The van der Waals surface area contributed by atoms with Crippen LogP contribution in [-0.4, -0.2) is 49.8 Å². The predicted molar refractivity (Wildman–Crippen MR) is 75.9 cm³/mol. The number of nitrogens with one attached hydrogen (secondary N) is 1. The van der Waals surface area contributed by atoms with Gasteiger partial charge in [0, 0.05) is 25.2 Å². The lowest BCUT2D eigenvalue weighted by molar-refractivity contribution is -0.0253. The Morgan fingerprint density at radius 2 is 2.06 bits per heavy atom. The molecule has 0 amide bonds. The van der Waals surface area contributed by atoms with E-state index >= 15 is 0 Å². The van der Waals surface area contributed by atoms with Crippen molar-refractivity contribution in [1.82, 2.24) is 10.2 Å². The summed E-state index contributed by atoms with van der Waals surface area (Å²) >= 11 is 0. The van der Waals surface area contributed by atoms with Gasteiger partial charge in [-0.05, 0) is 51.6 Å². The Hall–Kier alpha value is -0.120. The number of rotatable bonds is 6. The first kappa shape index (κ1) is 14.3. The molecule has 1 saturated carbocycles. The molecular weight excluding hydrogens is 224 g/mol. The third-order valence-corrected chi connectivity index (χ3v) is 4.50. The third kappa shape index (κ3) is 3.94. The van der Waals surface area contributed by atoms with Crippen LogP contribution in [0.2, 0.25) is 0 Å². The highest BCUT2D eigenvalue weighted by atomic mass is 16.5. The van der Waals surface area contributed by atoms with Crippen molar-refractivity contribution in [2.24, 2.45) is 5.92 Å². The molecule has 18 heavy (non-hydrogen) atoms. The van der Waals surface area contributed by atoms with Crippen molar-refractivity contribution < 1.29 is 4.74 Å². The van der Waals surface area contributed by atoms with Gasteiger partial charge >= 0.3 is 0 Å². The molecule has 0 aromatic carbocycles. The van der Waals surface area contributed by atoms with Crippen LogP contribution in [0.25, 0.3) is 0 Å². The van der Waals surface area contributed by atoms with Crippen molar-refractivity contribution in [3.05, 3.63) is 0 Å². The third-order valence-electron chi connectivity index (χ3n) is 4.50.